The highest BCUT2D eigenvalue weighted by molar-refractivity contribution is 5.96. The number of hydrogen-bond acceptors (Lipinski definition) is 4. The van der Waals surface area contributed by atoms with Gasteiger partial charge in [-0.1, -0.05) is 30.7 Å². The maximum absolute atomic E-state index is 12.8. The number of benzene rings is 1. The molecule has 1 saturated carbocycles. The highest BCUT2D eigenvalue weighted by Gasteiger charge is 2.28. The Hall–Kier alpha value is -2.76. The molecule has 6 heteroatoms. The number of aliphatic imine (C=N–C) groups is 2. The minimum absolute atomic E-state index is 0.00833. The lowest BCUT2D eigenvalue weighted by molar-refractivity contribution is -0.126. The molecule has 1 fully saturated rings. The Morgan fingerprint density at radius 3 is 2.35 bits per heavy atom. The van der Waals surface area contributed by atoms with Gasteiger partial charge in [-0.15, -0.1) is 0 Å². The first-order valence-electron chi connectivity index (χ1n) is 9.00. The van der Waals surface area contributed by atoms with Crippen LogP contribution >= 0.6 is 0 Å². The molecule has 2 aliphatic rings. The Kier molecular flexibility index (Phi) is 5.61. The molecule has 2 amide bonds. The van der Waals surface area contributed by atoms with E-state index >= 15 is 0 Å². The van der Waals surface area contributed by atoms with Crippen molar-refractivity contribution in [3.05, 3.63) is 46.9 Å². The molecule has 0 aromatic heterocycles. The van der Waals surface area contributed by atoms with Crippen molar-refractivity contribution in [2.45, 2.75) is 45.1 Å². The minimum Gasteiger partial charge on any atom is -0.347 e. The minimum atomic E-state index is -0.350. The zero-order chi connectivity index (χ0) is 18.5. The molecule has 2 aliphatic carbocycles. The summed E-state index contributed by atoms with van der Waals surface area (Å²) in [4.78, 5) is 32.9. The van der Waals surface area contributed by atoms with Gasteiger partial charge in [0.05, 0.1) is 0 Å². The molecule has 2 N–H and O–H groups in total. The SMILES string of the molecule is C=N/C(NC(=O)C1CCC1)=C(\N=CC)C(=O)NC1Cc2ccccc2C1. The fourth-order valence-corrected chi connectivity index (χ4v) is 3.33. The number of rotatable bonds is 6. The predicted molar refractivity (Wildman–Crippen MR) is 102 cm³/mol. The lowest BCUT2D eigenvalue weighted by Crippen LogP contribution is -2.39. The molecular weight excluding hydrogens is 328 g/mol. The summed E-state index contributed by atoms with van der Waals surface area (Å²) in [5.41, 5.74) is 2.59. The van der Waals surface area contributed by atoms with E-state index in [0.29, 0.717) is 0 Å². The van der Waals surface area contributed by atoms with Crippen molar-refractivity contribution in [3.63, 3.8) is 0 Å². The van der Waals surface area contributed by atoms with Crippen LogP contribution in [0, 0.1) is 5.92 Å². The fraction of sp³-hybridized carbons (Fsp3) is 0.400. The Labute approximate surface area is 153 Å². The number of nitrogens with zero attached hydrogens (tertiary/aromatic N) is 2. The largest absolute Gasteiger partial charge is 0.347 e. The summed E-state index contributed by atoms with van der Waals surface area (Å²) >= 11 is 0. The summed E-state index contributed by atoms with van der Waals surface area (Å²) < 4.78 is 0. The second-order valence-corrected chi connectivity index (χ2v) is 6.71. The van der Waals surface area contributed by atoms with Crippen LogP contribution in [-0.2, 0) is 22.4 Å². The third kappa shape index (κ3) is 3.90. The summed E-state index contributed by atoms with van der Waals surface area (Å²) in [6.07, 6.45) is 5.89. The van der Waals surface area contributed by atoms with Crippen molar-refractivity contribution in [2.24, 2.45) is 15.9 Å². The van der Waals surface area contributed by atoms with Gasteiger partial charge in [0.1, 0.15) is 0 Å². The van der Waals surface area contributed by atoms with Crippen molar-refractivity contribution >= 4 is 24.7 Å². The highest BCUT2D eigenvalue weighted by Crippen LogP contribution is 2.27. The Morgan fingerprint density at radius 2 is 1.85 bits per heavy atom. The van der Waals surface area contributed by atoms with Crippen molar-refractivity contribution < 1.29 is 9.59 Å². The molecule has 1 aromatic carbocycles. The number of carbonyl (C=O) groups excluding carboxylic acids is 2. The lowest BCUT2D eigenvalue weighted by Gasteiger charge is -2.24. The summed E-state index contributed by atoms with van der Waals surface area (Å²) in [5.74, 6) is -0.361. The molecule has 0 bridgehead atoms. The maximum atomic E-state index is 12.8. The van der Waals surface area contributed by atoms with E-state index in [1.807, 2.05) is 12.1 Å². The molecule has 136 valence electrons. The molecule has 0 radical (unpaired) electrons. The van der Waals surface area contributed by atoms with Gasteiger partial charge in [0.2, 0.25) is 5.91 Å². The monoisotopic (exact) mass is 352 g/mol. The van der Waals surface area contributed by atoms with Gasteiger partial charge in [-0.2, -0.15) is 0 Å². The Balaban J connectivity index is 1.72. The van der Waals surface area contributed by atoms with Crippen LogP contribution in [0.5, 0.6) is 0 Å². The van der Waals surface area contributed by atoms with E-state index in [4.69, 9.17) is 0 Å². The topological polar surface area (TPSA) is 82.9 Å². The van der Waals surface area contributed by atoms with Crippen molar-refractivity contribution in [1.82, 2.24) is 10.6 Å². The Morgan fingerprint density at radius 1 is 1.19 bits per heavy atom. The third-order valence-corrected chi connectivity index (χ3v) is 4.96. The van der Waals surface area contributed by atoms with Gasteiger partial charge in [0, 0.05) is 18.2 Å². The van der Waals surface area contributed by atoms with E-state index in [-0.39, 0.29) is 35.3 Å². The zero-order valence-corrected chi connectivity index (χ0v) is 15.0. The molecule has 0 heterocycles. The Bertz CT molecular complexity index is 753. The average molecular weight is 352 g/mol. The molecule has 0 unspecified atom stereocenters. The van der Waals surface area contributed by atoms with Crippen LogP contribution in [0.15, 0.2) is 45.8 Å². The standard InChI is InChI=1S/C20H24N4O2/c1-3-22-17(18(21-2)24-19(25)13-9-6-10-13)20(26)23-16-11-14-7-4-5-8-15(14)12-16/h3-5,7-8,13,16H,2,6,9-12H2,1H3,(H,23,26)(H,24,25)/b18-17+,22-3?. The molecule has 26 heavy (non-hydrogen) atoms. The van der Waals surface area contributed by atoms with E-state index in [2.05, 4.69) is 39.5 Å². The predicted octanol–water partition coefficient (Wildman–Crippen LogP) is 2.15. The average Bonchev–Trinajstić information content (AvgIpc) is 2.98. The van der Waals surface area contributed by atoms with Crippen LogP contribution in [0.3, 0.4) is 0 Å². The summed E-state index contributed by atoms with van der Waals surface area (Å²) in [6, 6.07) is 8.18. The molecule has 1 aromatic rings. The lowest BCUT2D eigenvalue weighted by atomic mass is 9.85. The van der Waals surface area contributed by atoms with Gasteiger partial charge in [0.25, 0.3) is 5.91 Å². The van der Waals surface area contributed by atoms with E-state index < -0.39 is 0 Å². The second-order valence-electron chi connectivity index (χ2n) is 6.71. The molecule has 0 spiro atoms. The number of hydrogen-bond donors (Lipinski definition) is 2. The molecule has 3 rings (SSSR count). The van der Waals surface area contributed by atoms with Gasteiger partial charge in [-0.3, -0.25) is 14.6 Å². The molecule has 0 atom stereocenters. The molecule has 0 saturated heterocycles. The van der Waals surface area contributed by atoms with Crippen LogP contribution in [0.2, 0.25) is 0 Å². The van der Waals surface area contributed by atoms with Crippen molar-refractivity contribution in [3.8, 4) is 0 Å². The number of amides is 2. The number of nitrogens with one attached hydrogen (secondary N) is 2. The van der Waals surface area contributed by atoms with Crippen LogP contribution in [0.4, 0.5) is 0 Å². The highest BCUT2D eigenvalue weighted by atomic mass is 16.2. The van der Waals surface area contributed by atoms with Gasteiger partial charge < -0.3 is 10.6 Å². The second kappa shape index (κ2) is 8.08. The van der Waals surface area contributed by atoms with Crippen molar-refractivity contribution in [1.29, 1.82) is 0 Å². The van der Waals surface area contributed by atoms with Crippen molar-refractivity contribution in [2.75, 3.05) is 0 Å². The van der Waals surface area contributed by atoms with Crippen LogP contribution in [0.25, 0.3) is 0 Å². The van der Waals surface area contributed by atoms with Gasteiger partial charge >= 0.3 is 0 Å². The quantitative estimate of drug-likeness (QED) is 0.607. The third-order valence-electron chi connectivity index (χ3n) is 4.96. The number of carbonyl (C=O) groups is 2. The van der Waals surface area contributed by atoms with Crippen LogP contribution < -0.4 is 10.6 Å². The van der Waals surface area contributed by atoms with E-state index in [1.165, 1.54) is 17.3 Å². The van der Waals surface area contributed by atoms with Crippen LogP contribution in [0.1, 0.15) is 37.3 Å². The van der Waals surface area contributed by atoms with Gasteiger partial charge in [0.15, 0.2) is 11.5 Å². The fourth-order valence-electron chi connectivity index (χ4n) is 3.33. The number of fused-ring (bicyclic) bond motifs is 1. The summed E-state index contributed by atoms with van der Waals surface area (Å²) in [5, 5.41) is 5.72. The first kappa shape index (κ1) is 18.0. The molecular formula is C20H24N4O2. The van der Waals surface area contributed by atoms with Gasteiger partial charge in [-0.05, 0) is 50.5 Å². The normalized spacial score (nSPS) is 18.0. The van der Waals surface area contributed by atoms with Gasteiger partial charge in [-0.25, -0.2) is 4.99 Å². The zero-order valence-electron chi connectivity index (χ0n) is 15.0. The van der Waals surface area contributed by atoms with E-state index in [0.717, 1.165) is 32.1 Å². The molecule has 6 nitrogen and oxygen atoms in total. The maximum Gasteiger partial charge on any atom is 0.273 e. The molecule has 0 aliphatic heterocycles. The van der Waals surface area contributed by atoms with E-state index in [9.17, 15) is 9.59 Å². The van der Waals surface area contributed by atoms with E-state index in [1.54, 1.807) is 6.92 Å². The van der Waals surface area contributed by atoms with Crippen LogP contribution in [-0.4, -0.2) is 30.8 Å². The summed E-state index contributed by atoms with van der Waals surface area (Å²) in [6.45, 7) is 5.21. The first-order valence-corrected chi connectivity index (χ1v) is 9.00. The first-order chi connectivity index (χ1) is 12.6. The smallest absolute Gasteiger partial charge is 0.273 e. The summed E-state index contributed by atoms with van der Waals surface area (Å²) in [7, 11) is 0.